The van der Waals surface area contributed by atoms with E-state index in [0.29, 0.717) is 47.4 Å². The van der Waals surface area contributed by atoms with Crippen LogP contribution in [0, 0.1) is 5.82 Å². The Morgan fingerprint density at radius 3 is 2.59 bits per heavy atom. The predicted octanol–water partition coefficient (Wildman–Crippen LogP) is 7.59. The maximum atomic E-state index is 15.8. The van der Waals surface area contributed by atoms with Crippen LogP contribution in [-0.2, 0) is 33.0 Å². The first-order valence-corrected chi connectivity index (χ1v) is 18.5. The highest BCUT2D eigenvalue weighted by Gasteiger charge is 2.31. The highest BCUT2D eigenvalue weighted by Crippen LogP contribution is 2.45. The number of ether oxygens (including phenoxy) is 2. The van der Waals surface area contributed by atoms with Gasteiger partial charge in [-0.1, -0.05) is 60.0 Å². The molecule has 2 aliphatic heterocycles. The molecule has 1 fully saturated rings. The number of benzene rings is 3. The van der Waals surface area contributed by atoms with E-state index in [1.54, 1.807) is 19.2 Å². The smallest absolute Gasteiger partial charge is 0.291 e. The van der Waals surface area contributed by atoms with Crippen molar-refractivity contribution in [2.24, 2.45) is 7.05 Å². The molecule has 0 spiro atoms. The number of fused-ring (bicyclic) bond motifs is 2. The number of nitrogens with zero attached hydrogens (tertiary/aromatic N) is 4. The maximum absolute atomic E-state index is 15.8. The van der Waals surface area contributed by atoms with Crippen LogP contribution in [0.3, 0.4) is 0 Å². The molecular weight excluding hydrogens is 692 g/mol. The third kappa shape index (κ3) is 6.97. The number of halogens is 3. The molecule has 2 unspecified atom stereocenters. The summed E-state index contributed by atoms with van der Waals surface area (Å²) < 4.78 is 29.7. The van der Waals surface area contributed by atoms with E-state index in [9.17, 15) is 9.90 Å². The lowest BCUT2D eigenvalue weighted by Gasteiger charge is -2.30. The number of hydrogen-bond donors (Lipinski definition) is 2. The largest absolute Gasteiger partial charge is 0.496 e. The predicted molar refractivity (Wildman–Crippen MR) is 197 cm³/mol. The van der Waals surface area contributed by atoms with Gasteiger partial charge in [-0.05, 0) is 68.5 Å². The van der Waals surface area contributed by atoms with E-state index in [4.69, 9.17) is 37.7 Å². The molecule has 3 aromatic carbocycles. The molecule has 4 aromatic rings. The molecule has 3 aliphatic rings. The molecule has 1 saturated heterocycles. The molecule has 9 nitrogen and oxygen atoms in total. The number of rotatable bonds is 10. The van der Waals surface area contributed by atoms with Gasteiger partial charge in [-0.2, -0.15) is 0 Å². The molecule has 7 rings (SSSR count). The van der Waals surface area contributed by atoms with Gasteiger partial charge in [0.1, 0.15) is 22.6 Å². The Balaban J connectivity index is 1.11. The average Bonchev–Trinajstić information content (AvgIpc) is 3.72. The average molecular weight is 737 g/mol. The van der Waals surface area contributed by atoms with Gasteiger partial charge >= 0.3 is 0 Å². The third-order valence-electron chi connectivity index (χ3n) is 10.7. The van der Waals surface area contributed by atoms with Crippen molar-refractivity contribution in [2.45, 2.75) is 70.7 Å². The number of anilines is 1. The summed E-state index contributed by atoms with van der Waals surface area (Å²) in [6.07, 6.45) is 5.20. The normalized spacial score (nSPS) is 18.3. The highest BCUT2D eigenvalue weighted by molar-refractivity contribution is 6.36. The number of carbonyl (C=O) groups excluding carboxylic acids is 1. The molecule has 270 valence electrons. The topological polar surface area (TPSA) is 92.1 Å². The van der Waals surface area contributed by atoms with Crippen molar-refractivity contribution in [3.63, 3.8) is 0 Å². The SMILES string of the molecule is COc1cc(OC2CCc3c(-c4cccc(NC(=O)c5nc6c(n5C)CCN(C(C)CO)C6)c4Cl)cccc32)c(Cl)c(F)c1CN1CCCCC1. The van der Waals surface area contributed by atoms with Gasteiger partial charge in [-0.3, -0.25) is 14.6 Å². The molecule has 0 bridgehead atoms. The van der Waals surface area contributed by atoms with Crippen LogP contribution in [0.2, 0.25) is 10.0 Å². The number of aliphatic hydroxyl groups is 1. The van der Waals surface area contributed by atoms with E-state index in [0.717, 1.165) is 79.0 Å². The van der Waals surface area contributed by atoms with Crippen molar-refractivity contribution in [1.82, 2.24) is 19.4 Å². The Morgan fingerprint density at radius 2 is 1.82 bits per heavy atom. The van der Waals surface area contributed by atoms with Crippen LogP contribution >= 0.6 is 23.2 Å². The zero-order chi connectivity index (χ0) is 35.8. The Morgan fingerprint density at radius 1 is 1.06 bits per heavy atom. The lowest BCUT2D eigenvalue weighted by Crippen LogP contribution is -2.39. The third-order valence-corrected chi connectivity index (χ3v) is 11.4. The Kier molecular flexibility index (Phi) is 10.6. The van der Waals surface area contributed by atoms with Crippen molar-refractivity contribution < 1.29 is 23.8 Å². The zero-order valence-corrected chi connectivity index (χ0v) is 30.8. The Hall–Kier alpha value is -3.67. The molecular formula is C39H44Cl2FN5O4. The molecule has 1 aliphatic carbocycles. The number of aromatic nitrogens is 2. The summed E-state index contributed by atoms with van der Waals surface area (Å²) in [6.45, 7) is 5.72. The quantitative estimate of drug-likeness (QED) is 0.174. The summed E-state index contributed by atoms with van der Waals surface area (Å²) in [5, 5.41) is 13.0. The second-order valence-electron chi connectivity index (χ2n) is 13.8. The summed E-state index contributed by atoms with van der Waals surface area (Å²) in [5.41, 5.74) is 6.60. The van der Waals surface area contributed by atoms with Crippen LogP contribution in [-0.4, -0.2) is 69.8 Å². The van der Waals surface area contributed by atoms with Gasteiger partial charge in [-0.25, -0.2) is 9.37 Å². The summed E-state index contributed by atoms with van der Waals surface area (Å²) in [7, 11) is 3.40. The van der Waals surface area contributed by atoms with Crippen LogP contribution < -0.4 is 14.8 Å². The molecule has 51 heavy (non-hydrogen) atoms. The zero-order valence-electron chi connectivity index (χ0n) is 29.3. The Bertz CT molecular complexity index is 1950. The fraction of sp³-hybridized carbons (Fsp3) is 0.436. The van der Waals surface area contributed by atoms with Crippen molar-refractivity contribution in [3.05, 3.63) is 92.2 Å². The van der Waals surface area contributed by atoms with Gasteiger partial charge in [-0.15, -0.1) is 0 Å². The van der Waals surface area contributed by atoms with Crippen LogP contribution in [0.25, 0.3) is 11.1 Å². The number of piperidine rings is 1. The minimum Gasteiger partial charge on any atom is -0.496 e. The number of methoxy groups -OCH3 is 1. The van der Waals surface area contributed by atoms with Gasteiger partial charge in [0.05, 0.1) is 30.1 Å². The molecule has 2 atom stereocenters. The van der Waals surface area contributed by atoms with Gasteiger partial charge in [0.15, 0.2) is 11.6 Å². The lowest BCUT2D eigenvalue weighted by atomic mass is 9.96. The van der Waals surface area contributed by atoms with E-state index in [-0.39, 0.29) is 35.4 Å². The second-order valence-corrected chi connectivity index (χ2v) is 14.6. The van der Waals surface area contributed by atoms with Crippen LogP contribution in [0.1, 0.15) is 77.4 Å². The molecule has 0 radical (unpaired) electrons. The monoisotopic (exact) mass is 735 g/mol. The van der Waals surface area contributed by atoms with E-state index >= 15 is 4.39 Å². The molecule has 12 heteroatoms. The Labute approximate surface area is 308 Å². The van der Waals surface area contributed by atoms with Crippen LogP contribution in [0.15, 0.2) is 42.5 Å². The number of amides is 1. The van der Waals surface area contributed by atoms with Crippen LogP contribution in [0.4, 0.5) is 10.1 Å². The fourth-order valence-electron chi connectivity index (χ4n) is 7.78. The molecule has 1 amide bonds. The van der Waals surface area contributed by atoms with E-state index in [1.807, 2.05) is 48.9 Å². The number of likely N-dealkylation sites (tertiary alicyclic amines) is 1. The number of hydrogen-bond acceptors (Lipinski definition) is 7. The van der Waals surface area contributed by atoms with Crippen LogP contribution in [0.5, 0.6) is 11.5 Å². The van der Waals surface area contributed by atoms with Crippen molar-refractivity contribution in [1.29, 1.82) is 0 Å². The van der Waals surface area contributed by atoms with Crippen molar-refractivity contribution in [2.75, 3.05) is 38.7 Å². The fourth-order valence-corrected chi connectivity index (χ4v) is 8.27. The summed E-state index contributed by atoms with van der Waals surface area (Å²) >= 11 is 13.7. The van der Waals surface area contributed by atoms with E-state index in [2.05, 4.69) is 15.1 Å². The minimum atomic E-state index is -0.502. The van der Waals surface area contributed by atoms with Crippen molar-refractivity contribution in [3.8, 4) is 22.6 Å². The van der Waals surface area contributed by atoms with Gasteiger partial charge in [0.2, 0.25) is 0 Å². The first-order valence-electron chi connectivity index (χ1n) is 17.7. The minimum absolute atomic E-state index is 0.0188. The molecule has 1 aromatic heterocycles. The standard InChI is InChI=1S/C39H44Cl2FN5O4/c1-23(22-48)47-18-15-31-30(21-47)43-38(45(31)2)39(49)44-29-12-8-11-27(35(29)40)24-9-7-10-26-25(24)13-14-32(26)51-34-19-33(50-3)28(37(42)36(34)41)20-46-16-5-4-6-17-46/h7-12,19,23,32,48H,4-6,13-18,20-22H2,1-3H3,(H,44,49). The summed E-state index contributed by atoms with van der Waals surface area (Å²) in [6, 6.07) is 13.3. The molecule has 0 saturated carbocycles. The van der Waals surface area contributed by atoms with E-state index < -0.39 is 5.82 Å². The summed E-state index contributed by atoms with van der Waals surface area (Å²) in [5.74, 6) is 0.149. The first kappa shape index (κ1) is 35.7. The number of nitrogens with one attached hydrogen (secondary N) is 1. The highest BCUT2D eigenvalue weighted by atomic mass is 35.5. The lowest BCUT2D eigenvalue weighted by molar-refractivity contribution is 0.101. The summed E-state index contributed by atoms with van der Waals surface area (Å²) in [4.78, 5) is 22.7. The number of aliphatic hydroxyl groups excluding tert-OH is 1. The second kappa shape index (κ2) is 15.1. The first-order chi connectivity index (χ1) is 24.7. The van der Waals surface area contributed by atoms with Gasteiger partial charge in [0, 0.05) is 62.0 Å². The van der Waals surface area contributed by atoms with E-state index in [1.165, 1.54) is 6.42 Å². The number of carbonyl (C=O) groups is 1. The van der Waals surface area contributed by atoms with Gasteiger partial charge in [0.25, 0.3) is 5.91 Å². The van der Waals surface area contributed by atoms with Gasteiger partial charge < -0.3 is 24.5 Å². The maximum Gasteiger partial charge on any atom is 0.291 e. The number of imidazole rings is 1. The molecule has 2 N–H and O–H groups in total. The molecule has 3 heterocycles. The van der Waals surface area contributed by atoms with Crippen molar-refractivity contribution >= 4 is 34.8 Å².